The molecule has 4 nitrogen and oxygen atoms in total. The summed E-state index contributed by atoms with van der Waals surface area (Å²) in [4.78, 5) is 12.3. The number of rotatable bonds is 6. The van der Waals surface area contributed by atoms with E-state index in [4.69, 9.17) is 4.74 Å². The van der Waals surface area contributed by atoms with Gasteiger partial charge in [0, 0.05) is 17.9 Å². The lowest BCUT2D eigenvalue weighted by Gasteiger charge is -2.11. The molecule has 2 rings (SSSR count). The van der Waals surface area contributed by atoms with E-state index in [0.717, 1.165) is 23.7 Å². The van der Waals surface area contributed by atoms with Crippen molar-refractivity contribution in [2.75, 3.05) is 23.8 Å². The Kier molecular flexibility index (Phi) is 5.21. The SMILES string of the molecule is CCNc1ccccc1C(=O)Nc1ccc(OCC)cc1. The van der Waals surface area contributed by atoms with Gasteiger partial charge in [-0.3, -0.25) is 4.79 Å². The number of benzene rings is 2. The van der Waals surface area contributed by atoms with E-state index in [2.05, 4.69) is 10.6 Å². The second kappa shape index (κ2) is 7.33. The van der Waals surface area contributed by atoms with Crippen LogP contribution in [0.4, 0.5) is 11.4 Å². The highest BCUT2D eigenvalue weighted by Gasteiger charge is 2.10. The van der Waals surface area contributed by atoms with Crippen molar-refractivity contribution < 1.29 is 9.53 Å². The minimum atomic E-state index is -0.129. The van der Waals surface area contributed by atoms with Crippen LogP contribution in [0.15, 0.2) is 48.5 Å². The van der Waals surface area contributed by atoms with Crippen LogP contribution in [0, 0.1) is 0 Å². The fourth-order valence-electron chi connectivity index (χ4n) is 2.03. The lowest BCUT2D eigenvalue weighted by molar-refractivity contribution is 0.102. The molecule has 0 aliphatic rings. The average molecular weight is 284 g/mol. The van der Waals surface area contributed by atoms with Gasteiger partial charge in [-0.1, -0.05) is 12.1 Å². The average Bonchev–Trinajstić information content (AvgIpc) is 2.50. The predicted octanol–water partition coefficient (Wildman–Crippen LogP) is 3.77. The molecular formula is C17H20N2O2. The molecule has 2 aromatic carbocycles. The van der Waals surface area contributed by atoms with Crippen molar-refractivity contribution in [2.45, 2.75) is 13.8 Å². The molecule has 0 atom stereocenters. The van der Waals surface area contributed by atoms with E-state index in [1.807, 2.05) is 62.4 Å². The quantitative estimate of drug-likeness (QED) is 0.849. The first-order valence-corrected chi connectivity index (χ1v) is 7.11. The van der Waals surface area contributed by atoms with Gasteiger partial charge in [0.2, 0.25) is 0 Å². The van der Waals surface area contributed by atoms with Crippen LogP contribution in [0.25, 0.3) is 0 Å². The molecule has 0 fully saturated rings. The van der Waals surface area contributed by atoms with Crippen LogP contribution in [0.2, 0.25) is 0 Å². The van der Waals surface area contributed by atoms with Gasteiger partial charge in [-0.05, 0) is 50.2 Å². The number of carbonyl (C=O) groups is 1. The minimum absolute atomic E-state index is 0.129. The lowest BCUT2D eigenvalue weighted by Crippen LogP contribution is -2.14. The van der Waals surface area contributed by atoms with Crippen molar-refractivity contribution in [1.82, 2.24) is 0 Å². The second-order valence-corrected chi connectivity index (χ2v) is 4.49. The van der Waals surface area contributed by atoms with Crippen LogP contribution in [-0.4, -0.2) is 19.1 Å². The van der Waals surface area contributed by atoms with E-state index in [1.54, 1.807) is 0 Å². The Bertz CT molecular complexity index is 594. The first-order valence-electron chi connectivity index (χ1n) is 7.11. The Labute approximate surface area is 125 Å². The standard InChI is InChI=1S/C17H20N2O2/c1-3-18-16-8-6-5-7-15(16)17(20)19-13-9-11-14(12-10-13)21-4-2/h5-12,18H,3-4H2,1-2H3,(H,19,20). The Balaban J connectivity index is 2.10. The van der Waals surface area contributed by atoms with E-state index in [-0.39, 0.29) is 5.91 Å². The van der Waals surface area contributed by atoms with Crippen LogP contribution in [0.1, 0.15) is 24.2 Å². The number of hydrogen-bond donors (Lipinski definition) is 2. The van der Waals surface area contributed by atoms with Gasteiger partial charge in [0.1, 0.15) is 5.75 Å². The van der Waals surface area contributed by atoms with Gasteiger partial charge in [-0.25, -0.2) is 0 Å². The maximum absolute atomic E-state index is 12.3. The van der Waals surface area contributed by atoms with Gasteiger partial charge in [0.25, 0.3) is 5.91 Å². The largest absolute Gasteiger partial charge is 0.494 e. The molecule has 1 amide bonds. The van der Waals surface area contributed by atoms with Crippen LogP contribution >= 0.6 is 0 Å². The number of para-hydroxylation sites is 1. The number of nitrogens with one attached hydrogen (secondary N) is 2. The molecular weight excluding hydrogens is 264 g/mol. The van der Waals surface area contributed by atoms with Gasteiger partial charge in [-0.2, -0.15) is 0 Å². The molecule has 0 saturated carbocycles. The zero-order chi connectivity index (χ0) is 15.1. The van der Waals surface area contributed by atoms with E-state index in [1.165, 1.54) is 0 Å². The summed E-state index contributed by atoms with van der Waals surface area (Å²) in [5, 5.41) is 6.08. The molecule has 0 aromatic heterocycles. The normalized spacial score (nSPS) is 10.0. The second-order valence-electron chi connectivity index (χ2n) is 4.49. The predicted molar refractivity (Wildman–Crippen MR) is 86.2 cm³/mol. The zero-order valence-corrected chi connectivity index (χ0v) is 12.3. The molecule has 0 heterocycles. The highest BCUT2D eigenvalue weighted by Crippen LogP contribution is 2.19. The summed E-state index contributed by atoms with van der Waals surface area (Å²) >= 11 is 0. The molecule has 0 bridgehead atoms. The third kappa shape index (κ3) is 3.99. The summed E-state index contributed by atoms with van der Waals surface area (Å²) in [5.41, 5.74) is 2.21. The Morgan fingerprint density at radius 2 is 1.76 bits per heavy atom. The zero-order valence-electron chi connectivity index (χ0n) is 12.3. The molecule has 2 N–H and O–H groups in total. The van der Waals surface area contributed by atoms with Gasteiger partial charge < -0.3 is 15.4 Å². The summed E-state index contributed by atoms with van der Waals surface area (Å²) in [6.45, 7) is 5.34. The van der Waals surface area contributed by atoms with Gasteiger partial charge in [0.05, 0.1) is 12.2 Å². The summed E-state index contributed by atoms with van der Waals surface area (Å²) in [5.74, 6) is 0.666. The van der Waals surface area contributed by atoms with E-state index in [9.17, 15) is 4.79 Å². The first-order chi connectivity index (χ1) is 10.2. The lowest BCUT2D eigenvalue weighted by atomic mass is 10.1. The summed E-state index contributed by atoms with van der Waals surface area (Å²) < 4.78 is 5.38. The Morgan fingerprint density at radius 3 is 2.43 bits per heavy atom. The summed E-state index contributed by atoms with van der Waals surface area (Å²) in [6, 6.07) is 14.8. The number of anilines is 2. The van der Waals surface area contributed by atoms with Crippen molar-refractivity contribution >= 4 is 17.3 Å². The molecule has 0 saturated heterocycles. The summed E-state index contributed by atoms with van der Waals surface area (Å²) in [7, 11) is 0. The Morgan fingerprint density at radius 1 is 1.05 bits per heavy atom. The van der Waals surface area contributed by atoms with Crippen LogP contribution in [0.5, 0.6) is 5.75 Å². The van der Waals surface area contributed by atoms with Crippen molar-refractivity contribution in [3.05, 3.63) is 54.1 Å². The van der Waals surface area contributed by atoms with Gasteiger partial charge in [-0.15, -0.1) is 0 Å². The van der Waals surface area contributed by atoms with Crippen molar-refractivity contribution in [2.24, 2.45) is 0 Å². The van der Waals surface area contributed by atoms with Crippen LogP contribution < -0.4 is 15.4 Å². The highest BCUT2D eigenvalue weighted by atomic mass is 16.5. The fourth-order valence-corrected chi connectivity index (χ4v) is 2.03. The van der Waals surface area contributed by atoms with E-state index < -0.39 is 0 Å². The molecule has 4 heteroatoms. The van der Waals surface area contributed by atoms with E-state index >= 15 is 0 Å². The molecule has 0 aliphatic heterocycles. The number of carbonyl (C=O) groups excluding carboxylic acids is 1. The first kappa shape index (κ1) is 14.9. The monoisotopic (exact) mass is 284 g/mol. The van der Waals surface area contributed by atoms with Crippen molar-refractivity contribution in [3.63, 3.8) is 0 Å². The number of hydrogen-bond acceptors (Lipinski definition) is 3. The Hall–Kier alpha value is -2.49. The third-order valence-electron chi connectivity index (χ3n) is 2.96. The van der Waals surface area contributed by atoms with Crippen LogP contribution in [0.3, 0.4) is 0 Å². The highest BCUT2D eigenvalue weighted by molar-refractivity contribution is 6.08. The van der Waals surface area contributed by atoms with Gasteiger partial charge in [0.15, 0.2) is 0 Å². The molecule has 21 heavy (non-hydrogen) atoms. The van der Waals surface area contributed by atoms with Crippen LogP contribution in [-0.2, 0) is 0 Å². The summed E-state index contributed by atoms with van der Waals surface area (Å²) in [6.07, 6.45) is 0. The number of amides is 1. The molecule has 0 radical (unpaired) electrons. The smallest absolute Gasteiger partial charge is 0.257 e. The van der Waals surface area contributed by atoms with Crippen molar-refractivity contribution in [3.8, 4) is 5.75 Å². The molecule has 2 aromatic rings. The van der Waals surface area contributed by atoms with Crippen molar-refractivity contribution in [1.29, 1.82) is 0 Å². The molecule has 0 spiro atoms. The maximum atomic E-state index is 12.3. The van der Waals surface area contributed by atoms with Gasteiger partial charge >= 0.3 is 0 Å². The fraction of sp³-hybridized carbons (Fsp3) is 0.235. The maximum Gasteiger partial charge on any atom is 0.257 e. The third-order valence-corrected chi connectivity index (χ3v) is 2.96. The van der Waals surface area contributed by atoms with E-state index in [0.29, 0.717) is 12.2 Å². The molecule has 0 aliphatic carbocycles. The topological polar surface area (TPSA) is 50.4 Å². The molecule has 110 valence electrons. The number of ether oxygens (including phenoxy) is 1. The molecule has 0 unspecified atom stereocenters. The minimum Gasteiger partial charge on any atom is -0.494 e.